The van der Waals surface area contributed by atoms with Crippen LogP contribution in [0.25, 0.3) is 0 Å². The van der Waals surface area contributed by atoms with Gasteiger partial charge in [0.25, 0.3) is 0 Å². The van der Waals surface area contributed by atoms with Crippen molar-refractivity contribution in [1.82, 2.24) is 0 Å². The molecule has 0 heterocycles. The average molecular weight is 101 g/mol. The fourth-order valence-corrected chi connectivity index (χ4v) is 0.158. The Morgan fingerprint density at radius 1 is 1.43 bits per heavy atom. The summed E-state index contributed by atoms with van der Waals surface area (Å²) in [6, 6.07) is 0. The van der Waals surface area contributed by atoms with Crippen molar-refractivity contribution in [2.24, 2.45) is 0 Å². The lowest BCUT2D eigenvalue weighted by Crippen LogP contribution is -2.21. The summed E-state index contributed by atoms with van der Waals surface area (Å²) in [4.78, 5) is 0. The monoisotopic (exact) mass is 101 g/mol. The SMILES string of the molecule is CC(C)(C)O[B]O. The van der Waals surface area contributed by atoms with E-state index in [1.165, 1.54) is 0 Å². The number of hydrogen-bond acceptors (Lipinski definition) is 2. The molecule has 1 radical (unpaired) electrons. The largest absolute Gasteiger partial charge is 0.485 e. The molecule has 0 atom stereocenters. The zero-order valence-electron chi connectivity index (χ0n) is 4.93. The summed E-state index contributed by atoms with van der Waals surface area (Å²) in [5.41, 5.74) is -0.255. The van der Waals surface area contributed by atoms with E-state index in [9.17, 15) is 0 Å². The van der Waals surface area contributed by atoms with E-state index in [1.807, 2.05) is 20.8 Å². The highest BCUT2D eigenvalue weighted by Crippen LogP contribution is 2.03. The van der Waals surface area contributed by atoms with Gasteiger partial charge in [-0.15, -0.1) is 0 Å². The Labute approximate surface area is 44.8 Å². The van der Waals surface area contributed by atoms with E-state index in [-0.39, 0.29) is 5.60 Å². The van der Waals surface area contributed by atoms with Crippen LogP contribution in [-0.2, 0) is 4.65 Å². The molecule has 0 saturated heterocycles. The van der Waals surface area contributed by atoms with Crippen molar-refractivity contribution in [3.8, 4) is 0 Å². The van der Waals surface area contributed by atoms with Gasteiger partial charge in [0.1, 0.15) is 0 Å². The molecule has 0 aromatic carbocycles. The van der Waals surface area contributed by atoms with Gasteiger partial charge in [0.2, 0.25) is 0 Å². The minimum atomic E-state index is -0.255. The quantitative estimate of drug-likeness (QED) is 0.482. The maximum atomic E-state index is 8.05. The Hall–Kier alpha value is -0.0151. The van der Waals surface area contributed by atoms with Crippen molar-refractivity contribution >= 4 is 7.69 Å². The molecule has 0 spiro atoms. The molecule has 0 aliphatic heterocycles. The van der Waals surface area contributed by atoms with E-state index in [4.69, 9.17) is 5.02 Å². The predicted octanol–water partition coefficient (Wildman–Crippen LogP) is 0.328. The van der Waals surface area contributed by atoms with Crippen LogP contribution in [0.15, 0.2) is 0 Å². The second kappa shape index (κ2) is 2.33. The third-order valence-electron chi connectivity index (χ3n) is 0.406. The maximum absolute atomic E-state index is 8.05. The van der Waals surface area contributed by atoms with Crippen LogP contribution < -0.4 is 0 Å². The number of rotatable bonds is 1. The fraction of sp³-hybridized carbons (Fsp3) is 1.00. The Morgan fingerprint density at radius 3 is 1.86 bits per heavy atom. The summed E-state index contributed by atoms with van der Waals surface area (Å²) >= 11 is 0. The summed E-state index contributed by atoms with van der Waals surface area (Å²) in [5, 5.41) is 8.05. The van der Waals surface area contributed by atoms with Crippen LogP contribution in [-0.4, -0.2) is 18.3 Å². The van der Waals surface area contributed by atoms with Crippen LogP contribution in [0, 0.1) is 0 Å². The second-order valence-corrected chi connectivity index (χ2v) is 2.34. The van der Waals surface area contributed by atoms with Crippen molar-refractivity contribution in [2.45, 2.75) is 26.4 Å². The summed E-state index contributed by atoms with van der Waals surface area (Å²) in [5.74, 6) is 0. The lowest BCUT2D eigenvalue weighted by molar-refractivity contribution is 0.116. The molecule has 3 heteroatoms. The summed E-state index contributed by atoms with van der Waals surface area (Å²) < 4.78 is 4.66. The van der Waals surface area contributed by atoms with E-state index in [1.54, 1.807) is 0 Å². The highest BCUT2D eigenvalue weighted by molar-refractivity contribution is 6.16. The lowest BCUT2D eigenvalue weighted by Gasteiger charge is -2.16. The van der Waals surface area contributed by atoms with Gasteiger partial charge in [0.05, 0.1) is 0 Å². The topological polar surface area (TPSA) is 29.5 Å². The Morgan fingerprint density at radius 2 is 1.86 bits per heavy atom. The van der Waals surface area contributed by atoms with Crippen molar-refractivity contribution in [3.05, 3.63) is 0 Å². The van der Waals surface area contributed by atoms with Crippen LogP contribution in [0.5, 0.6) is 0 Å². The van der Waals surface area contributed by atoms with Gasteiger partial charge in [0.15, 0.2) is 0 Å². The van der Waals surface area contributed by atoms with Gasteiger partial charge in [-0.2, -0.15) is 0 Å². The first-order valence-corrected chi connectivity index (χ1v) is 2.20. The third kappa shape index (κ3) is 5.98. The molecule has 1 N–H and O–H groups in total. The Balaban J connectivity index is 3.15. The van der Waals surface area contributed by atoms with Crippen molar-refractivity contribution < 1.29 is 9.68 Å². The first kappa shape index (κ1) is 6.98. The molecule has 2 nitrogen and oxygen atoms in total. The van der Waals surface area contributed by atoms with Gasteiger partial charge < -0.3 is 9.68 Å². The average Bonchev–Trinajstić information content (AvgIpc) is 1.30. The van der Waals surface area contributed by atoms with Gasteiger partial charge >= 0.3 is 7.69 Å². The van der Waals surface area contributed by atoms with Crippen LogP contribution in [0.2, 0.25) is 0 Å². The minimum Gasteiger partial charge on any atom is -0.429 e. The smallest absolute Gasteiger partial charge is 0.429 e. The highest BCUT2D eigenvalue weighted by atomic mass is 16.5. The Bertz CT molecular complexity index is 48.1. The van der Waals surface area contributed by atoms with Crippen LogP contribution in [0.3, 0.4) is 0 Å². The second-order valence-electron chi connectivity index (χ2n) is 2.34. The molecule has 0 aliphatic rings. The molecular formula is C4H10BO2. The van der Waals surface area contributed by atoms with E-state index >= 15 is 0 Å². The van der Waals surface area contributed by atoms with Crippen molar-refractivity contribution in [3.63, 3.8) is 0 Å². The molecule has 41 valence electrons. The molecule has 7 heavy (non-hydrogen) atoms. The highest BCUT2D eigenvalue weighted by Gasteiger charge is 2.08. The standard InChI is InChI=1S/C4H10BO2/c1-4(2,3)7-5-6/h6H,1-3H3. The molecular weight excluding hydrogens is 90.9 g/mol. The molecule has 0 aromatic heterocycles. The lowest BCUT2D eigenvalue weighted by atomic mass is 10.1. The maximum Gasteiger partial charge on any atom is 0.485 e. The van der Waals surface area contributed by atoms with Crippen LogP contribution in [0.4, 0.5) is 0 Å². The molecule has 0 rings (SSSR count). The van der Waals surface area contributed by atoms with E-state index in [0.29, 0.717) is 7.69 Å². The molecule has 0 bridgehead atoms. The van der Waals surface area contributed by atoms with Gasteiger partial charge in [-0.1, -0.05) is 0 Å². The molecule has 0 aromatic rings. The third-order valence-corrected chi connectivity index (χ3v) is 0.406. The van der Waals surface area contributed by atoms with Crippen LogP contribution >= 0.6 is 0 Å². The normalized spacial score (nSPS) is 11.4. The Kier molecular flexibility index (Phi) is 2.33. The molecule has 0 aliphatic carbocycles. The van der Waals surface area contributed by atoms with E-state index in [0.717, 1.165) is 0 Å². The summed E-state index contributed by atoms with van der Waals surface area (Å²) in [6.07, 6.45) is 0. The van der Waals surface area contributed by atoms with E-state index < -0.39 is 0 Å². The van der Waals surface area contributed by atoms with Gasteiger partial charge in [-0.25, -0.2) is 0 Å². The summed E-state index contributed by atoms with van der Waals surface area (Å²) in [7, 11) is 0.708. The number of hydrogen-bond donors (Lipinski definition) is 1. The van der Waals surface area contributed by atoms with Gasteiger partial charge in [-0.3, -0.25) is 0 Å². The van der Waals surface area contributed by atoms with Crippen molar-refractivity contribution in [2.75, 3.05) is 0 Å². The first-order valence-electron chi connectivity index (χ1n) is 2.20. The molecule has 0 fully saturated rings. The zero-order chi connectivity index (χ0) is 5.91. The van der Waals surface area contributed by atoms with Crippen molar-refractivity contribution in [1.29, 1.82) is 0 Å². The van der Waals surface area contributed by atoms with Gasteiger partial charge in [0, 0.05) is 5.60 Å². The molecule has 0 saturated carbocycles. The zero-order valence-corrected chi connectivity index (χ0v) is 4.93. The summed E-state index contributed by atoms with van der Waals surface area (Å²) in [6.45, 7) is 5.58. The van der Waals surface area contributed by atoms with Crippen LogP contribution in [0.1, 0.15) is 20.8 Å². The fourth-order valence-electron chi connectivity index (χ4n) is 0.158. The van der Waals surface area contributed by atoms with E-state index in [2.05, 4.69) is 4.65 Å². The van der Waals surface area contributed by atoms with Gasteiger partial charge in [-0.05, 0) is 20.8 Å². The first-order chi connectivity index (χ1) is 3.06. The molecule has 0 unspecified atom stereocenters. The minimum absolute atomic E-state index is 0.255. The molecule has 0 amide bonds. The predicted molar refractivity (Wildman–Crippen MR) is 28.8 cm³/mol.